The van der Waals surface area contributed by atoms with Gasteiger partial charge >= 0.3 is 6.09 Å². The standard InChI is InChI=1S/C21H30FN3O3/c1-3-28-21(27)24-14-8-18(9-15-24)23-12-10-20(11-13-23)25(16(2)26)19-6-4-17(22)5-7-19/h4-7,18,20H,3,8-15H2,1-2H3. The Labute approximate surface area is 166 Å². The Morgan fingerprint density at radius 2 is 1.68 bits per heavy atom. The summed E-state index contributed by atoms with van der Waals surface area (Å²) in [7, 11) is 0. The molecule has 0 aromatic heterocycles. The molecule has 1 aromatic carbocycles. The Bertz CT molecular complexity index is 666. The number of hydrogen-bond acceptors (Lipinski definition) is 4. The Hall–Kier alpha value is -2.15. The van der Waals surface area contributed by atoms with Crippen LogP contribution in [0.25, 0.3) is 0 Å². The highest BCUT2D eigenvalue weighted by Gasteiger charge is 2.32. The molecule has 2 amide bonds. The molecule has 2 aliphatic heterocycles. The summed E-state index contributed by atoms with van der Waals surface area (Å²) < 4.78 is 18.3. The maximum atomic E-state index is 13.2. The van der Waals surface area contributed by atoms with Gasteiger partial charge in [0.2, 0.25) is 5.91 Å². The van der Waals surface area contributed by atoms with Gasteiger partial charge in [-0.05, 0) is 56.9 Å². The van der Waals surface area contributed by atoms with Gasteiger partial charge in [-0.15, -0.1) is 0 Å². The highest BCUT2D eigenvalue weighted by molar-refractivity contribution is 5.92. The van der Waals surface area contributed by atoms with Crippen LogP contribution in [0.1, 0.15) is 39.5 Å². The number of carbonyl (C=O) groups is 2. The average molecular weight is 391 g/mol. The topological polar surface area (TPSA) is 53.1 Å². The first-order chi connectivity index (χ1) is 13.5. The lowest BCUT2D eigenvalue weighted by Gasteiger charge is -2.43. The summed E-state index contributed by atoms with van der Waals surface area (Å²) in [6, 6.07) is 6.76. The predicted octanol–water partition coefficient (Wildman–Crippen LogP) is 3.26. The van der Waals surface area contributed by atoms with Gasteiger partial charge in [-0.2, -0.15) is 0 Å². The molecular weight excluding hydrogens is 361 g/mol. The first kappa shape index (κ1) is 20.6. The van der Waals surface area contributed by atoms with E-state index in [0.29, 0.717) is 12.6 Å². The molecule has 0 unspecified atom stereocenters. The molecule has 1 aromatic rings. The van der Waals surface area contributed by atoms with Crippen molar-refractivity contribution in [2.45, 2.75) is 51.6 Å². The molecule has 0 N–H and O–H groups in total. The number of rotatable bonds is 4. The summed E-state index contributed by atoms with van der Waals surface area (Å²) in [5.41, 5.74) is 0.759. The van der Waals surface area contributed by atoms with E-state index in [9.17, 15) is 14.0 Å². The number of carbonyl (C=O) groups excluding carboxylic acids is 2. The van der Waals surface area contributed by atoms with E-state index in [0.717, 1.165) is 57.5 Å². The van der Waals surface area contributed by atoms with Gasteiger partial charge in [-0.3, -0.25) is 4.79 Å². The Balaban J connectivity index is 1.53. The van der Waals surface area contributed by atoms with E-state index in [1.165, 1.54) is 12.1 Å². The van der Waals surface area contributed by atoms with Crippen LogP contribution in [0, 0.1) is 5.82 Å². The smallest absolute Gasteiger partial charge is 0.409 e. The molecule has 28 heavy (non-hydrogen) atoms. The molecule has 0 radical (unpaired) electrons. The zero-order valence-electron chi connectivity index (χ0n) is 16.8. The van der Waals surface area contributed by atoms with Crippen molar-refractivity contribution >= 4 is 17.7 Å². The van der Waals surface area contributed by atoms with Gasteiger partial charge in [0.15, 0.2) is 0 Å². The number of likely N-dealkylation sites (tertiary alicyclic amines) is 2. The number of piperidine rings is 2. The molecule has 0 aliphatic carbocycles. The summed E-state index contributed by atoms with van der Waals surface area (Å²) in [5.74, 6) is -0.302. The van der Waals surface area contributed by atoms with Crippen molar-refractivity contribution in [3.05, 3.63) is 30.1 Å². The van der Waals surface area contributed by atoms with E-state index < -0.39 is 0 Å². The fraction of sp³-hybridized carbons (Fsp3) is 0.619. The van der Waals surface area contributed by atoms with Crippen molar-refractivity contribution in [2.24, 2.45) is 0 Å². The molecule has 6 nitrogen and oxygen atoms in total. The molecule has 2 saturated heterocycles. The minimum Gasteiger partial charge on any atom is -0.450 e. The summed E-state index contributed by atoms with van der Waals surface area (Å²) in [6.07, 6.45) is 3.50. The normalized spacial score (nSPS) is 19.5. The molecule has 2 fully saturated rings. The monoisotopic (exact) mass is 391 g/mol. The van der Waals surface area contributed by atoms with E-state index in [-0.39, 0.29) is 23.9 Å². The maximum absolute atomic E-state index is 13.2. The fourth-order valence-electron chi connectivity index (χ4n) is 4.39. The fourth-order valence-corrected chi connectivity index (χ4v) is 4.39. The molecule has 0 saturated carbocycles. The van der Waals surface area contributed by atoms with Crippen LogP contribution in [0.4, 0.5) is 14.9 Å². The van der Waals surface area contributed by atoms with Gasteiger partial charge in [-0.1, -0.05) is 0 Å². The van der Waals surface area contributed by atoms with Gasteiger partial charge in [0.25, 0.3) is 0 Å². The third-order valence-electron chi connectivity index (χ3n) is 5.82. The van der Waals surface area contributed by atoms with Crippen LogP contribution in [0.5, 0.6) is 0 Å². The van der Waals surface area contributed by atoms with Crippen molar-refractivity contribution in [3.63, 3.8) is 0 Å². The van der Waals surface area contributed by atoms with Crippen LogP contribution in [0.2, 0.25) is 0 Å². The zero-order chi connectivity index (χ0) is 20.1. The first-order valence-corrected chi connectivity index (χ1v) is 10.2. The SMILES string of the molecule is CCOC(=O)N1CCC(N2CCC(N(C(C)=O)c3ccc(F)cc3)CC2)CC1. The lowest BCUT2D eigenvalue weighted by atomic mass is 9.96. The lowest BCUT2D eigenvalue weighted by molar-refractivity contribution is -0.117. The minimum absolute atomic E-state index is 0.00666. The lowest BCUT2D eigenvalue weighted by Crippen LogP contribution is -2.52. The van der Waals surface area contributed by atoms with Crippen molar-refractivity contribution in [2.75, 3.05) is 37.7 Å². The molecule has 2 heterocycles. The number of nitrogens with zero attached hydrogens (tertiary/aromatic N) is 3. The summed E-state index contributed by atoms with van der Waals surface area (Å²) >= 11 is 0. The second kappa shape index (κ2) is 9.37. The van der Waals surface area contributed by atoms with Gasteiger partial charge in [0.05, 0.1) is 6.61 Å². The Morgan fingerprint density at radius 3 is 2.21 bits per heavy atom. The Kier molecular flexibility index (Phi) is 6.88. The second-order valence-corrected chi connectivity index (χ2v) is 7.55. The molecule has 154 valence electrons. The second-order valence-electron chi connectivity index (χ2n) is 7.55. The Morgan fingerprint density at radius 1 is 1.07 bits per heavy atom. The van der Waals surface area contributed by atoms with E-state index in [4.69, 9.17) is 4.74 Å². The number of halogens is 1. The quantitative estimate of drug-likeness (QED) is 0.791. The van der Waals surface area contributed by atoms with Crippen molar-refractivity contribution in [1.29, 1.82) is 0 Å². The molecule has 2 aliphatic rings. The number of benzene rings is 1. The highest BCUT2D eigenvalue weighted by atomic mass is 19.1. The van der Waals surface area contributed by atoms with Crippen LogP contribution in [0.3, 0.4) is 0 Å². The van der Waals surface area contributed by atoms with Gasteiger partial charge in [0.1, 0.15) is 5.82 Å². The van der Waals surface area contributed by atoms with Crippen molar-refractivity contribution < 1.29 is 18.7 Å². The predicted molar refractivity (Wildman–Crippen MR) is 106 cm³/mol. The van der Waals surface area contributed by atoms with Crippen LogP contribution in [0.15, 0.2) is 24.3 Å². The number of anilines is 1. The van der Waals surface area contributed by atoms with Gasteiger partial charge in [0, 0.05) is 50.9 Å². The van der Waals surface area contributed by atoms with E-state index in [2.05, 4.69) is 4.90 Å². The van der Waals surface area contributed by atoms with Crippen molar-refractivity contribution in [1.82, 2.24) is 9.80 Å². The number of hydrogen-bond donors (Lipinski definition) is 0. The van der Waals surface area contributed by atoms with Crippen molar-refractivity contribution in [3.8, 4) is 0 Å². The van der Waals surface area contributed by atoms with Crippen LogP contribution in [-0.4, -0.2) is 66.7 Å². The van der Waals surface area contributed by atoms with Crippen LogP contribution in [-0.2, 0) is 9.53 Å². The largest absolute Gasteiger partial charge is 0.450 e. The molecular formula is C21H30FN3O3. The molecule has 0 atom stereocenters. The molecule has 0 bridgehead atoms. The average Bonchev–Trinajstić information content (AvgIpc) is 2.70. The number of amides is 2. The maximum Gasteiger partial charge on any atom is 0.409 e. The highest BCUT2D eigenvalue weighted by Crippen LogP contribution is 2.27. The summed E-state index contributed by atoms with van der Waals surface area (Å²) in [4.78, 5) is 30.2. The first-order valence-electron chi connectivity index (χ1n) is 10.2. The molecule has 7 heteroatoms. The third kappa shape index (κ3) is 4.82. The zero-order valence-corrected chi connectivity index (χ0v) is 16.8. The summed E-state index contributed by atoms with van der Waals surface area (Å²) in [5, 5.41) is 0. The van der Waals surface area contributed by atoms with E-state index in [1.54, 1.807) is 28.9 Å². The van der Waals surface area contributed by atoms with Gasteiger partial charge in [-0.25, -0.2) is 9.18 Å². The minimum atomic E-state index is -0.295. The van der Waals surface area contributed by atoms with E-state index in [1.807, 2.05) is 6.92 Å². The summed E-state index contributed by atoms with van der Waals surface area (Å²) in [6.45, 7) is 7.13. The third-order valence-corrected chi connectivity index (χ3v) is 5.82. The van der Waals surface area contributed by atoms with E-state index >= 15 is 0 Å². The van der Waals surface area contributed by atoms with Crippen LogP contribution < -0.4 is 4.90 Å². The molecule has 3 rings (SSSR count). The number of ether oxygens (including phenoxy) is 1. The van der Waals surface area contributed by atoms with Crippen LogP contribution >= 0.6 is 0 Å². The molecule has 0 spiro atoms. The van der Waals surface area contributed by atoms with Gasteiger partial charge < -0.3 is 19.4 Å².